The summed E-state index contributed by atoms with van der Waals surface area (Å²) in [4.78, 5) is 2.28. The van der Waals surface area contributed by atoms with Crippen LogP contribution < -0.4 is 0 Å². The van der Waals surface area contributed by atoms with E-state index in [9.17, 15) is 8.42 Å². The summed E-state index contributed by atoms with van der Waals surface area (Å²) < 4.78 is 31.2. The number of rotatable bonds is 7. The predicted molar refractivity (Wildman–Crippen MR) is 82.3 cm³/mol. The van der Waals surface area contributed by atoms with E-state index in [-0.39, 0.29) is 18.5 Å². The van der Waals surface area contributed by atoms with E-state index in [1.54, 1.807) is 4.31 Å². The second-order valence-electron chi connectivity index (χ2n) is 5.72. The Morgan fingerprint density at radius 1 is 1.20 bits per heavy atom. The summed E-state index contributed by atoms with van der Waals surface area (Å²) in [5.41, 5.74) is 1.30. The molecule has 0 radical (unpaired) electrons. The lowest BCUT2D eigenvalue weighted by molar-refractivity contribution is 0.0903. The van der Waals surface area contributed by atoms with Crippen molar-refractivity contribution in [1.29, 1.82) is 0 Å². The van der Waals surface area contributed by atoms with E-state index in [2.05, 4.69) is 24.8 Å². The van der Waals surface area contributed by atoms with Gasteiger partial charge in [0.15, 0.2) is 0 Å². The maximum absolute atomic E-state index is 12.2. The normalized spacial score (nSPS) is 18.4. The summed E-state index contributed by atoms with van der Waals surface area (Å²) in [6, 6.07) is 0. The van der Waals surface area contributed by atoms with Crippen molar-refractivity contribution in [3.05, 3.63) is 11.6 Å². The SMILES string of the molecule is CC(C)=CCN1CCN(S(=O)(=O)CCOC(C)C)CC1. The van der Waals surface area contributed by atoms with Crippen LogP contribution in [0.15, 0.2) is 11.6 Å². The minimum Gasteiger partial charge on any atom is -0.378 e. The van der Waals surface area contributed by atoms with Crippen molar-refractivity contribution < 1.29 is 13.2 Å². The molecule has 0 aromatic carbocycles. The summed E-state index contributed by atoms with van der Waals surface area (Å²) in [6.07, 6.45) is 2.26. The highest BCUT2D eigenvalue weighted by Gasteiger charge is 2.26. The molecule has 1 aliphatic rings. The van der Waals surface area contributed by atoms with Crippen LogP contribution in [0.1, 0.15) is 27.7 Å². The lowest BCUT2D eigenvalue weighted by Crippen LogP contribution is -2.49. The zero-order valence-electron chi connectivity index (χ0n) is 13.1. The van der Waals surface area contributed by atoms with Gasteiger partial charge in [0.05, 0.1) is 18.5 Å². The summed E-state index contributed by atoms with van der Waals surface area (Å²) in [7, 11) is -3.17. The van der Waals surface area contributed by atoms with Crippen molar-refractivity contribution in [2.24, 2.45) is 0 Å². The first kappa shape index (κ1) is 17.6. The Morgan fingerprint density at radius 3 is 2.30 bits per heavy atom. The van der Waals surface area contributed by atoms with E-state index < -0.39 is 10.0 Å². The average molecular weight is 304 g/mol. The largest absolute Gasteiger partial charge is 0.378 e. The Kier molecular flexibility index (Phi) is 7.15. The van der Waals surface area contributed by atoms with Gasteiger partial charge in [-0.1, -0.05) is 11.6 Å². The Labute approximate surface area is 123 Å². The summed E-state index contributed by atoms with van der Waals surface area (Å²) in [6.45, 7) is 11.9. The Hall–Kier alpha value is -0.430. The van der Waals surface area contributed by atoms with Crippen LogP contribution in [0.2, 0.25) is 0 Å². The highest BCUT2D eigenvalue weighted by atomic mass is 32.2. The lowest BCUT2D eigenvalue weighted by atomic mass is 10.3. The lowest BCUT2D eigenvalue weighted by Gasteiger charge is -2.33. The first-order valence-electron chi connectivity index (χ1n) is 7.26. The van der Waals surface area contributed by atoms with Gasteiger partial charge >= 0.3 is 0 Å². The van der Waals surface area contributed by atoms with Crippen molar-refractivity contribution in [3.8, 4) is 0 Å². The zero-order chi connectivity index (χ0) is 15.2. The fourth-order valence-corrected chi connectivity index (χ4v) is 3.30. The van der Waals surface area contributed by atoms with Crippen molar-refractivity contribution in [1.82, 2.24) is 9.21 Å². The van der Waals surface area contributed by atoms with Crippen molar-refractivity contribution >= 4 is 10.0 Å². The molecule has 6 heteroatoms. The number of hydrogen-bond donors (Lipinski definition) is 0. The molecule has 0 aliphatic carbocycles. The molecule has 1 rings (SSSR count). The molecule has 0 saturated carbocycles. The third-order valence-corrected chi connectivity index (χ3v) is 5.11. The standard InChI is InChI=1S/C14H28N2O3S/c1-13(2)5-6-15-7-9-16(10-8-15)20(17,18)12-11-19-14(3)4/h5,14H,6-12H2,1-4H3. The molecular formula is C14H28N2O3S. The number of sulfonamides is 1. The molecule has 0 aromatic rings. The minimum atomic E-state index is -3.17. The fourth-order valence-electron chi connectivity index (χ4n) is 2.02. The van der Waals surface area contributed by atoms with Gasteiger partial charge in [-0.3, -0.25) is 4.90 Å². The van der Waals surface area contributed by atoms with Gasteiger partial charge in [0.25, 0.3) is 0 Å². The van der Waals surface area contributed by atoms with E-state index >= 15 is 0 Å². The second-order valence-corrected chi connectivity index (χ2v) is 7.81. The van der Waals surface area contributed by atoms with E-state index in [0.29, 0.717) is 13.1 Å². The van der Waals surface area contributed by atoms with Gasteiger partial charge in [-0.25, -0.2) is 8.42 Å². The van der Waals surface area contributed by atoms with Gasteiger partial charge in [-0.15, -0.1) is 0 Å². The molecule has 0 N–H and O–H groups in total. The molecule has 1 heterocycles. The van der Waals surface area contributed by atoms with Gasteiger partial charge < -0.3 is 4.74 Å². The Bertz CT molecular complexity index is 406. The van der Waals surface area contributed by atoms with Gasteiger partial charge in [-0.2, -0.15) is 4.31 Å². The second kappa shape index (κ2) is 8.12. The highest BCUT2D eigenvalue weighted by molar-refractivity contribution is 7.89. The molecule has 1 fully saturated rings. The van der Waals surface area contributed by atoms with Crippen molar-refractivity contribution in [2.45, 2.75) is 33.8 Å². The van der Waals surface area contributed by atoms with Crippen LogP contribution in [0, 0.1) is 0 Å². The molecule has 0 amide bonds. The van der Waals surface area contributed by atoms with E-state index in [0.717, 1.165) is 19.6 Å². The summed E-state index contributed by atoms with van der Waals surface area (Å²) >= 11 is 0. The van der Waals surface area contributed by atoms with Crippen LogP contribution in [0.5, 0.6) is 0 Å². The molecule has 1 saturated heterocycles. The van der Waals surface area contributed by atoms with Crippen molar-refractivity contribution in [3.63, 3.8) is 0 Å². The molecular weight excluding hydrogens is 276 g/mol. The van der Waals surface area contributed by atoms with E-state index in [1.165, 1.54) is 5.57 Å². The Balaban J connectivity index is 2.38. The average Bonchev–Trinajstić information content (AvgIpc) is 2.36. The topological polar surface area (TPSA) is 49.9 Å². The Morgan fingerprint density at radius 2 is 1.80 bits per heavy atom. The molecule has 20 heavy (non-hydrogen) atoms. The molecule has 0 aromatic heterocycles. The van der Waals surface area contributed by atoms with Gasteiger partial charge in [-0.05, 0) is 27.7 Å². The highest BCUT2D eigenvalue weighted by Crippen LogP contribution is 2.09. The van der Waals surface area contributed by atoms with Gasteiger partial charge in [0.2, 0.25) is 10.0 Å². The maximum Gasteiger partial charge on any atom is 0.216 e. The molecule has 0 bridgehead atoms. The molecule has 0 unspecified atom stereocenters. The number of hydrogen-bond acceptors (Lipinski definition) is 4. The van der Waals surface area contributed by atoms with Crippen LogP contribution >= 0.6 is 0 Å². The maximum atomic E-state index is 12.2. The zero-order valence-corrected chi connectivity index (χ0v) is 13.9. The van der Waals surface area contributed by atoms with Crippen LogP contribution in [-0.4, -0.2) is 68.8 Å². The monoisotopic (exact) mass is 304 g/mol. The van der Waals surface area contributed by atoms with Crippen LogP contribution in [0.25, 0.3) is 0 Å². The molecule has 0 spiro atoms. The molecule has 0 atom stereocenters. The molecule has 5 nitrogen and oxygen atoms in total. The first-order valence-corrected chi connectivity index (χ1v) is 8.87. The predicted octanol–water partition coefficient (Wildman–Crippen LogP) is 1.32. The quantitative estimate of drug-likeness (QED) is 0.666. The number of nitrogens with zero attached hydrogens (tertiary/aromatic N) is 2. The van der Waals surface area contributed by atoms with Crippen LogP contribution in [0.4, 0.5) is 0 Å². The smallest absolute Gasteiger partial charge is 0.216 e. The van der Waals surface area contributed by atoms with Gasteiger partial charge in [0.1, 0.15) is 0 Å². The number of ether oxygens (including phenoxy) is 1. The van der Waals surface area contributed by atoms with Gasteiger partial charge in [0, 0.05) is 32.7 Å². The third-order valence-electron chi connectivity index (χ3n) is 3.27. The summed E-state index contributed by atoms with van der Waals surface area (Å²) in [5.74, 6) is 0.0825. The van der Waals surface area contributed by atoms with Crippen LogP contribution in [-0.2, 0) is 14.8 Å². The van der Waals surface area contributed by atoms with E-state index in [1.807, 2.05) is 13.8 Å². The van der Waals surface area contributed by atoms with Crippen LogP contribution in [0.3, 0.4) is 0 Å². The molecule has 118 valence electrons. The third kappa shape index (κ3) is 6.35. The summed E-state index contributed by atoms with van der Waals surface area (Å²) in [5, 5.41) is 0. The van der Waals surface area contributed by atoms with Crippen molar-refractivity contribution in [2.75, 3.05) is 45.1 Å². The van der Waals surface area contributed by atoms with E-state index in [4.69, 9.17) is 4.74 Å². The number of piperazine rings is 1. The molecule has 1 aliphatic heterocycles. The first-order chi connectivity index (χ1) is 9.31. The fraction of sp³-hybridized carbons (Fsp3) is 0.857. The minimum absolute atomic E-state index is 0.0751. The number of allylic oxidation sites excluding steroid dienone is 1.